The Morgan fingerprint density at radius 2 is 1.37 bits per heavy atom. The minimum Gasteiger partial charge on any atom is -0.508 e. The second kappa shape index (κ2) is 15.2. The number of amides is 3. The summed E-state index contributed by atoms with van der Waals surface area (Å²) in [6, 6.07) is 2.09. The van der Waals surface area contributed by atoms with E-state index in [1.807, 2.05) is 0 Å². The molecule has 3 unspecified atom stereocenters. The molecule has 0 saturated carbocycles. The summed E-state index contributed by atoms with van der Waals surface area (Å²) in [6.07, 6.45) is 0.403. The van der Waals surface area contributed by atoms with E-state index in [0.717, 1.165) is 0 Å². The summed E-state index contributed by atoms with van der Waals surface area (Å²) in [7, 11) is 0. The summed E-state index contributed by atoms with van der Waals surface area (Å²) in [4.78, 5) is 60.1. The highest BCUT2D eigenvalue weighted by atomic mass is 16.4. The number of unbranched alkanes of at least 4 members (excludes halogenated alkanes) is 1. The van der Waals surface area contributed by atoms with Crippen molar-refractivity contribution in [2.45, 2.75) is 56.7 Å². The summed E-state index contributed by atoms with van der Waals surface area (Å²) < 4.78 is 0. The van der Waals surface area contributed by atoms with E-state index in [2.05, 4.69) is 16.0 Å². The fourth-order valence-corrected chi connectivity index (χ4v) is 3.16. The first-order valence-electron chi connectivity index (χ1n) is 11.1. The molecule has 194 valence electrons. The molecule has 13 heteroatoms. The normalized spacial score (nSPS) is 13.2. The highest BCUT2D eigenvalue weighted by Crippen LogP contribution is 2.12. The summed E-state index contributed by atoms with van der Waals surface area (Å²) in [5.74, 6) is -4.71. The molecule has 10 N–H and O–H groups in total. The maximum Gasteiger partial charge on any atom is 0.326 e. The number of nitrogens with one attached hydrogen (secondary N) is 3. The number of rotatable bonds is 16. The number of nitrogens with two attached hydrogens (primary N) is 2. The topological polar surface area (TPSA) is 234 Å². The Bertz CT molecular complexity index is 877. The van der Waals surface area contributed by atoms with Crippen LogP contribution in [0.4, 0.5) is 0 Å². The number of carbonyl (C=O) groups excluding carboxylic acids is 3. The molecule has 1 rings (SSSR count). The van der Waals surface area contributed by atoms with E-state index < -0.39 is 60.8 Å². The predicted molar refractivity (Wildman–Crippen MR) is 124 cm³/mol. The second-order valence-electron chi connectivity index (χ2n) is 7.87. The maximum atomic E-state index is 12.9. The molecule has 0 spiro atoms. The van der Waals surface area contributed by atoms with Gasteiger partial charge in [-0.1, -0.05) is 12.1 Å². The van der Waals surface area contributed by atoms with E-state index in [9.17, 15) is 34.2 Å². The number of carboxylic acid groups (broad SMARTS) is 2. The van der Waals surface area contributed by atoms with Gasteiger partial charge in [-0.2, -0.15) is 0 Å². The average Bonchev–Trinajstić information content (AvgIpc) is 2.81. The van der Waals surface area contributed by atoms with E-state index in [0.29, 0.717) is 24.9 Å². The van der Waals surface area contributed by atoms with Crippen LogP contribution in [0.1, 0.15) is 37.7 Å². The molecule has 0 fully saturated rings. The van der Waals surface area contributed by atoms with Gasteiger partial charge in [-0.3, -0.25) is 19.2 Å². The predicted octanol–water partition coefficient (Wildman–Crippen LogP) is -1.57. The van der Waals surface area contributed by atoms with Gasteiger partial charge >= 0.3 is 11.9 Å². The maximum absolute atomic E-state index is 12.9. The lowest BCUT2D eigenvalue weighted by molar-refractivity contribution is -0.142. The Kier molecular flexibility index (Phi) is 12.8. The van der Waals surface area contributed by atoms with Crippen molar-refractivity contribution in [1.29, 1.82) is 0 Å². The van der Waals surface area contributed by atoms with E-state index in [1.165, 1.54) is 24.3 Å². The Morgan fingerprint density at radius 3 is 1.89 bits per heavy atom. The fourth-order valence-electron chi connectivity index (χ4n) is 3.16. The summed E-state index contributed by atoms with van der Waals surface area (Å²) in [6.45, 7) is -0.0799. The van der Waals surface area contributed by atoms with Gasteiger partial charge in [0.15, 0.2) is 0 Å². The number of hydrogen-bond donors (Lipinski definition) is 8. The zero-order chi connectivity index (χ0) is 26.4. The van der Waals surface area contributed by atoms with Gasteiger partial charge < -0.3 is 42.7 Å². The molecule has 3 atom stereocenters. The number of hydrogen-bond acceptors (Lipinski definition) is 8. The molecule has 1 aromatic carbocycles. The van der Waals surface area contributed by atoms with Crippen LogP contribution in [0, 0.1) is 0 Å². The van der Waals surface area contributed by atoms with Gasteiger partial charge in [0, 0.05) is 12.8 Å². The van der Waals surface area contributed by atoms with Crippen molar-refractivity contribution in [3.05, 3.63) is 29.8 Å². The van der Waals surface area contributed by atoms with Crippen LogP contribution < -0.4 is 27.4 Å². The van der Waals surface area contributed by atoms with Crippen LogP contribution in [0.5, 0.6) is 5.75 Å². The van der Waals surface area contributed by atoms with Gasteiger partial charge in [-0.15, -0.1) is 0 Å². The van der Waals surface area contributed by atoms with Crippen LogP contribution in [0.15, 0.2) is 24.3 Å². The van der Waals surface area contributed by atoms with Crippen molar-refractivity contribution in [3.63, 3.8) is 0 Å². The first kappa shape index (κ1) is 29.3. The molecular formula is C22H33N5O8. The van der Waals surface area contributed by atoms with Crippen molar-refractivity contribution >= 4 is 29.7 Å². The molecule has 0 saturated heterocycles. The number of aromatic hydroxyl groups is 1. The Balaban J connectivity index is 2.98. The molecule has 0 radical (unpaired) electrons. The third-order valence-electron chi connectivity index (χ3n) is 5.05. The van der Waals surface area contributed by atoms with Gasteiger partial charge in [0.25, 0.3) is 0 Å². The number of phenolic OH excluding ortho intramolecular Hbond substituents is 1. The molecule has 0 bridgehead atoms. The molecule has 0 aliphatic heterocycles. The van der Waals surface area contributed by atoms with Crippen LogP contribution >= 0.6 is 0 Å². The van der Waals surface area contributed by atoms with E-state index in [-0.39, 0.29) is 25.0 Å². The van der Waals surface area contributed by atoms with E-state index in [1.54, 1.807) is 0 Å². The van der Waals surface area contributed by atoms with Gasteiger partial charge in [-0.05, 0) is 49.9 Å². The van der Waals surface area contributed by atoms with Crippen molar-refractivity contribution < 1.29 is 39.3 Å². The van der Waals surface area contributed by atoms with Crippen LogP contribution in [-0.4, -0.2) is 76.2 Å². The standard InChI is InChI=1S/C22H33N5O8/c23-10-2-1-3-15(26-21(33)16(8-9-19(30)31)25-18(29)12-24)20(32)27-17(22(34)35)11-13-4-6-14(28)7-5-13/h4-7,15-17,28H,1-3,8-12,23-24H2,(H,25,29)(H,26,33)(H,27,32)(H,30,31)(H,34,35). The zero-order valence-corrected chi connectivity index (χ0v) is 19.2. The highest BCUT2D eigenvalue weighted by Gasteiger charge is 2.29. The smallest absolute Gasteiger partial charge is 0.326 e. The van der Waals surface area contributed by atoms with Crippen molar-refractivity contribution in [3.8, 4) is 5.75 Å². The van der Waals surface area contributed by atoms with Gasteiger partial charge in [0.2, 0.25) is 17.7 Å². The Labute approximate surface area is 202 Å². The molecule has 1 aromatic rings. The summed E-state index contributed by atoms with van der Waals surface area (Å²) in [5, 5.41) is 35.1. The van der Waals surface area contributed by atoms with Crippen molar-refractivity contribution in [2.75, 3.05) is 13.1 Å². The van der Waals surface area contributed by atoms with Crippen molar-refractivity contribution in [1.82, 2.24) is 16.0 Å². The molecular weight excluding hydrogens is 462 g/mol. The molecule has 0 aromatic heterocycles. The first-order valence-corrected chi connectivity index (χ1v) is 11.1. The monoisotopic (exact) mass is 495 g/mol. The number of benzene rings is 1. The third-order valence-corrected chi connectivity index (χ3v) is 5.05. The quantitative estimate of drug-likeness (QED) is 0.123. The largest absolute Gasteiger partial charge is 0.508 e. The molecule has 3 amide bonds. The first-order chi connectivity index (χ1) is 16.6. The SMILES string of the molecule is NCCCCC(NC(=O)C(CCC(=O)O)NC(=O)CN)C(=O)NC(Cc1ccc(O)cc1)C(=O)O. The van der Waals surface area contributed by atoms with E-state index in [4.69, 9.17) is 16.6 Å². The molecule has 0 aliphatic carbocycles. The van der Waals surface area contributed by atoms with Crippen molar-refractivity contribution in [2.24, 2.45) is 11.5 Å². The van der Waals surface area contributed by atoms with Crippen LogP contribution in [0.3, 0.4) is 0 Å². The van der Waals surface area contributed by atoms with Crippen LogP contribution in [-0.2, 0) is 30.4 Å². The van der Waals surface area contributed by atoms with Crippen LogP contribution in [0.25, 0.3) is 0 Å². The third kappa shape index (κ3) is 11.3. The number of carboxylic acids is 2. The molecule has 0 aliphatic rings. The second-order valence-corrected chi connectivity index (χ2v) is 7.87. The average molecular weight is 496 g/mol. The van der Waals surface area contributed by atoms with Gasteiger partial charge in [0.1, 0.15) is 23.9 Å². The summed E-state index contributed by atoms with van der Waals surface area (Å²) in [5.41, 5.74) is 11.3. The summed E-state index contributed by atoms with van der Waals surface area (Å²) >= 11 is 0. The molecule has 0 heterocycles. The van der Waals surface area contributed by atoms with Crippen LogP contribution in [0.2, 0.25) is 0 Å². The zero-order valence-electron chi connectivity index (χ0n) is 19.2. The molecule has 13 nitrogen and oxygen atoms in total. The number of aliphatic carboxylic acids is 2. The minimum absolute atomic E-state index is 0.00604. The molecule has 35 heavy (non-hydrogen) atoms. The minimum atomic E-state index is -1.32. The lowest BCUT2D eigenvalue weighted by Crippen LogP contribution is -2.56. The van der Waals surface area contributed by atoms with E-state index >= 15 is 0 Å². The number of phenols is 1. The Hall–Kier alpha value is -3.71. The lowest BCUT2D eigenvalue weighted by Gasteiger charge is -2.24. The fraction of sp³-hybridized carbons (Fsp3) is 0.500. The van der Waals surface area contributed by atoms with Gasteiger partial charge in [-0.25, -0.2) is 4.79 Å². The Morgan fingerprint density at radius 1 is 0.800 bits per heavy atom. The lowest BCUT2D eigenvalue weighted by atomic mass is 10.0. The number of carbonyl (C=O) groups is 5. The highest BCUT2D eigenvalue weighted by molar-refractivity contribution is 5.93. The van der Waals surface area contributed by atoms with Gasteiger partial charge in [0.05, 0.1) is 6.54 Å².